The van der Waals surface area contributed by atoms with Gasteiger partial charge in [0.2, 0.25) is 5.91 Å². The number of carboxylic acids is 1. The Balaban J connectivity index is 2.87. The van der Waals surface area contributed by atoms with Crippen molar-refractivity contribution in [1.29, 1.82) is 0 Å². The summed E-state index contributed by atoms with van der Waals surface area (Å²) in [5, 5.41) is 10.9. The van der Waals surface area contributed by atoms with Gasteiger partial charge < -0.3 is 16.2 Å². The van der Waals surface area contributed by atoms with Gasteiger partial charge in [-0.05, 0) is 18.2 Å². The molecule has 0 bridgehead atoms. The molecule has 0 fully saturated rings. The minimum Gasteiger partial charge on any atom is -0.480 e. The van der Waals surface area contributed by atoms with E-state index in [1.807, 2.05) is 0 Å². The molecule has 0 aromatic heterocycles. The molecule has 102 valence electrons. The molecule has 0 aliphatic carbocycles. The minimum atomic E-state index is -1.45. The van der Waals surface area contributed by atoms with E-state index in [4.69, 9.17) is 10.8 Å². The standard InChI is InChI=1S/C11H10BrFN2O4/c12-6-1-5(2-7(13)3-6)10(17)15-8(11(18)19)4-9(14)16/h1-3,8H,4H2,(H2,14,16)(H,15,17)(H,18,19)/t8-/m1/s1. The Morgan fingerprint density at radius 2 is 2.00 bits per heavy atom. The molecule has 0 saturated heterocycles. The zero-order valence-electron chi connectivity index (χ0n) is 9.52. The van der Waals surface area contributed by atoms with Crippen LogP contribution in [0, 0.1) is 5.82 Å². The number of nitrogens with two attached hydrogens (primary N) is 1. The average Bonchev–Trinajstić information content (AvgIpc) is 2.25. The molecule has 0 saturated carbocycles. The van der Waals surface area contributed by atoms with Crippen molar-refractivity contribution in [2.75, 3.05) is 0 Å². The van der Waals surface area contributed by atoms with Crippen LogP contribution in [0.4, 0.5) is 4.39 Å². The summed E-state index contributed by atoms with van der Waals surface area (Å²) in [5.74, 6) is -3.73. The van der Waals surface area contributed by atoms with Crippen molar-refractivity contribution in [3.63, 3.8) is 0 Å². The quantitative estimate of drug-likeness (QED) is 0.735. The SMILES string of the molecule is NC(=O)C[C@@H](NC(=O)c1cc(F)cc(Br)c1)C(=O)O. The first-order valence-electron chi connectivity index (χ1n) is 5.07. The van der Waals surface area contributed by atoms with Crippen LogP contribution in [0.1, 0.15) is 16.8 Å². The van der Waals surface area contributed by atoms with Crippen LogP contribution in [0.25, 0.3) is 0 Å². The maximum absolute atomic E-state index is 13.1. The van der Waals surface area contributed by atoms with Crippen molar-refractivity contribution in [3.05, 3.63) is 34.1 Å². The lowest BCUT2D eigenvalue weighted by atomic mass is 10.1. The largest absolute Gasteiger partial charge is 0.480 e. The molecule has 8 heteroatoms. The number of halogens is 2. The number of primary amides is 1. The Bertz CT molecular complexity index is 515. The maximum Gasteiger partial charge on any atom is 0.326 e. The van der Waals surface area contributed by atoms with E-state index in [9.17, 15) is 18.8 Å². The van der Waals surface area contributed by atoms with E-state index >= 15 is 0 Å². The van der Waals surface area contributed by atoms with Crippen LogP contribution in [-0.2, 0) is 9.59 Å². The van der Waals surface area contributed by atoms with E-state index in [0.717, 1.165) is 12.1 Å². The summed E-state index contributed by atoms with van der Waals surface area (Å²) in [6.07, 6.45) is -0.544. The highest BCUT2D eigenvalue weighted by Crippen LogP contribution is 2.15. The Hall–Kier alpha value is -1.96. The highest BCUT2D eigenvalue weighted by atomic mass is 79.9. The molecule has 0 aliphatic heterocycles. The topological polar surface area (TPSA) is 109 Å². The van der Waals surface area contributed by atoms with Crippen LogP contribution in [0.15, 0.2) is 22.7 Å². The summed E-state index contributed by atoms with van der Waals surface area (Å²) in [6.45, 7) is 0. The van der Waals surface area contributed by atoms with Gasteiger partial charge in [-0.2, -0.15) is 0 Å². The lowest BCUT2D eigenvalue weighted by Gasteiger charge is -2.13. The van der Waals surface area contributed by atoms with Gasteiger partial charge >= 0.3 is 5.97 Å². The van der Waals surface area contributed by atoms with Gasteiger partial charge in [-0.25, -0.2) is 9.18 Å². The van der Waals surface area contributed by atoms with Gasteiger partial charge in [-0.1, -0.05) is 15.9 Å². The summed E-state index contributed by atoms with van der Waals surface area (Å²) in [6, 6.07) is 1.96. The van der Waals surface area contributed by atoms with Gasteiger partial charge in [-0.15, -0.1) is 0 Å². The van der Waals surface area contributed by atoms with Crippen molar-refractivity contribution < 1.29 is 23.9 Å². The van der Waals surface area contributed by atoms with E-state index in [-0.39, 0.29) is 5.56 Å². The Labute approximate surface area is 115 Å². The van der Waals surface area contributed by atoms with Gasteiger partial charge in [0.25, 0.3) is 5.91 Å². The molecule has 4 N–H and O–H groups in total. The van der Waals surface area contributed by atoms with Crippen LogP contribution in [0.3, 0.4) is 0 Å². The predicted molar refractivity (Wildman–Crippen MR) is 66.8 cm³/mol. The first kappa shape index (κ1) is 15.1. The number of hydrogen-bond donors (Lipinski definition) is 3. The summed E-state index contributed by atoms with van der Waals surface area (Å²) >= 11 is 3.01. The van der Waals surface area contributed by atoms with Crippen molar-refractivity contribution in [2.24, 2.45) is 5.73 Å². The Morgan fingerprint density at radius 1 is 1.37 bits per heavy atom. The smallest absolute Gasteiger partial charge is 0.326 e. The lowest BCUT2D eigenvalue weighted by molar-refractivity contribution is -0.140. The maximum atomic E-state index is 13.1. The van der Waals surface area contributed by atoms with Crippen molar-refractivity contribution in [3.8, 4) is 0 Å². The second-order valence-electron chi connectivity index (χ2n) is 3.69. The van der Waals surface area contributed by atoms with Crippen molar-refractivity contribution in [2.45, 2.75) is 12.5 Å². The number of hydrogen-bond acceptors (Lipinski definition) is 3. The second-order valence-corrected chi connectivity index (χ2v) is 4.61. The summed E-state index contributed by atoms with van der Waals surface area (Å²) in [7, 11) is 0. The zero-order valence-corrected chi connectivity index (χ0v) is 11.1. The van der Waals surface area contributed by atoms with Gasteiger partial charge in [0, 0.05) is 10.0 Å². The number of benzene rings is 1. The fourth-order valence-corrected chi connectivity index (χ4v) is 1.79. The predicted octanol–water partition coefficient (Wildman–Crippen LogP) is 0.647. The third-order valence-electron chi connectivity index (χ3n) is 2.13. The molecule has 0 aliphatic rings. The Kier molecular flexibility index (Phi) is 4.99. The molecule has 0 unspecified atom stereocenters. The molecule has 19 heavy (non-hydrogen) atoms. The van der Waals surface area contributed by atoms with Crippen LogP contribution in [-0.4, -0.2) is 28.9 Å². The third kappa shape index (κ3) is 4.66. The number of carboxylic acid groups (broad SMARTS) is 1. The van der Waals surface area contributed by atoms with Gasteiger partial charge in [0.05, 0.1) is 6.42 Å². The van der Waals surface area contributed by atoms with Crippen molar-refractivity contribution in [1.82, 2.24) is 5.32 Å². The summed E-state index contributed by atoms with van der Waals surface area (Å²) in [4.78, 5) is 33.2. The van der Waals surface area contributed by atoms with E-state index < -0.39 is 36.1 Å². The molecule has 1 aromatic rings. The number of rotatable bonds is 5. The first-order valence-corrected chi connectivity index (χ1v) is 5.87. The number of aliphatic carboxylic acids is 1. The van der Waals surface area contributed by atoms with E-state index in [2.05, 4.69) is 21.2 Å². The van der Waals surface area contributed by atoms with E-state index in [0.29, 0.717) is 4.47 Å². The molecule has 0 spiro atoms. The molecule has 0 heterocycles. The fraction of sp³-hybridized carbons (Fsp3) is 0.182. The third-order valence-corrected chi connectivity index (χ3v) is 2.59. The average molecular weight is 333 g/mol. The van der Waals surface area contributed by atoms with E-state index in [1.165, 1.54) is 6.07 Å². The number of amides is 2. The monoisotopic (exact) mass is 332 g/mol. The fourth-order valence-electron chi connectivity index (χ4n) is 1.33. The molecule has 2 amide bonds. The summed E-state index contributed by atoms with van der Waals surface area (Å²) < 4.78 is 13.4. The molecule has 6 nitrogen and oxygen atoms in total. The van der Waals surface area contributed by atoms with Crippen LogP contribution < -0.4 is 11.1 Å². The molecule has 1 rings (SSSR count). The zero-order chi connectivity index (χ0) is 14.6. The van der Waals surface area contributed by atoms with Crippen LogP contribution >= 0.6 is 15.9 Å². The first-order chi connectivity index (χ1) is 8.79. The number of carbonyl (C=O) groups excluding carboxylic acids is 2. The van der Waals surface area contributed by atoms with E-state index in [1.54, 1.807) is 0 Å². The molecular weight excluding hydrogens is 323 g/mol. The number of carbonyl (C=O) groups is 3. The Morgan fingerprint density at radius 3 is 2.47 bits per heavy atom. The van der Waals surface area contributed by atoms with Gasteiger partial charge in [0.1, 0.15) is 11.9 Å². The molecule has 1 aromatic carbocycles. The highest BCUT2D eigenvalue weighted by Gasteiger charge is 2.23. The normalized spacial score (nSPS) is 11.7. The molecular formula is C11H10BrFN2O4. The number of nitrogens with one attached hydrogen (secondary N) is 1. The minimum absolute atomic E-state index is 0.0670. The molecule has 0 radical (unpaired) electrons. The highest BCUT2D eigenvalue weighted by molar-refractivity contribution is 9.10. The van der Waals surface area contributed by atoms with Gasteiger partial charge in [0.15, 0.2) is 0 Å². The molecule has 1 atom stereocenters. The second kappa shape index (κ2) is 6.28. The van der Waals surface area contributed by atoms with Crippen LogP contribution in [0.2, 0.25) is 0 Å². The van der Waals surface area contributed by atoms with Crippen molar-refractivity contribution >= 4 is 33.7 Å². The van der Waals surface area contributed by atoms with Gasteiger partial charge in [-0.3, -0.25) is 9.59 Å². The van der Waals surface area contributed by atoms with Crippen LogP contribution in [0.5, 0.6) is 0 Å². The lowest BCUT2D eigenvalue weighted by Crippen LogP contribution is -2.43. The summed E-state index contributed by atoms with van der Waals surface area (Å²) in [5.41, 5.74) is 4.81.